The van der Waals surface area contributed by atoms with Gasteiger partial charge in [0.1, 0.15) is 0 Å². The first kappa shape index (κ1) is 21.7. The molecule has 2 fully saturated rings. The summed E-state index contributed by atoms with van der Waals surface area (Å²) in [6, 6.07) is 14.2. The number of anilines is 1. The standard InChI is InChI=1S/C23H24N4O5S/c1-16-2-6-19(7-3-16)27-15-18(14-21(27)28)23-24-22(25-32-23)17-4-8-20(9-5-17)33(29,30)26-10-12-31-13-11-26/h2-9,18H,10-15H2,1H3/t18-/m1/s1. The topological polar surface area (TPSA) is 106 Å². The summed E-state index contributed by atoms with van der Waals surface area (Å²) < 4.78 is 37.7. The molecule has 0 N–H and O–H groups in total. The number of aromatic nitrogens is 2. The molecule has 3 heterocycles. The Kier molecular flexibility index (Phi) is 5.73. The maximum atomic E-state index is 12.8. The molecule has 10 heteroatoms. The fourth-order valence-electron chi connectivity index (χ4n) is 4.08. The van der Waals surface area contributed by atoms with Crippen molar-refractivity contribution in [2.45, 2.75) is 24.2 Å². The molecule has 33 heavy (non-hydrogen) atoms. The highest BCUT2D eigenvalue weighted by Crippen LogP contribution is 2.32. The average molecular weight is 469 g/mol. The molecule has 2 aliphatic heterocycles. The lowest BCUT2D eigenvalue weighted by atomic mass is 10.1. The molecule has 0 radical (unpaired) electrons. The molecule has 5 rings (SSSR count). The number of benzene rings is 2. The zero-order valence-corrected chi connectivity index (χ0v) is 19.0. The SMILES string of the molecule is Cc1ccc(N2C[C@H](c3nc(-c4ccc(S(=O)(=O)N5CCOCC5)cc4)no3)CC2=O)cc1. The first-order chi connectivity index (χ1) is 15.9. The van der Waals surface area contributed by atoms with Crippen LogP contribution >= 0.6 is 0 Å². The molecule has 1 aromatic heterocycles. The van der Waals surface area contributed by atoms with Gasteiger partial charge in [-0.25, -0.2) is 8.42 Å². The summed E-state index contributed by atoms with van der Waals surface area (Å²) in [7, 11) is -3.56. The van der Waals surface area contributed by atoms with E-state index in [1.165, 1.54) is 4.31 Å². The van der Waals surface area contributed by atoms with E-state index in [0.29, 0.717) is 56.5 Å². The van der Waals surface area contributed by atoms with E-state index in [-0.39, 0.29) is 16.7 Å². The van der Waals surface area contributed by atoms with Gasteiger partial charge in [-0.1, -0.05) is 22.9 Å². The number of morpholine rings is 1. The van der Waals surface area contributed by atoms with Gasteiger partial charge in [0.15, 0.2) is 0 Å². The Morgan fingerprint density at radius 2 is 1.70 bits per heavy atom. The van der Waals surface area contributed by atoms with Gasteiger partial charge < -0.3 is 14.2 Å². The van der Waals surface area contributed by atoms with Crippen LogP contribution in [-0.4, -0.2) is 61.6 Å². The fourth-order valence-corrected chi connectivity index (χ4v) is 5.49. The molecule has 2 aliphatic rings. The van der Waals surface area contributed by atoms with Crippen LogP contribution < -0.4 is 4.90 Å². The molecule has 3 aromatic rings. The van der Waals surface area contributed by atoms with E-state index in [2.05, 4.69) is 10.1 Å². The lowest BCUT2D eigenvalue weighted by Gasteiger charge is -2.26. The van der Waals surface area contributed by atoms with Crippen LogP contribution in [0.15, 0.2) is 57.9 Å². The number of ether oxygens (including phenoxy) is 1. The van der Waals surface area contributed by atoms with Crippen molar-refractivity contribution in [1.82, 2.24) is 14.4 Å². The normalized spacial score (nSPS) is 19.8. The van der Waals surface area contributed by atoms with E-state index in [9.17, 15) is 13.2 Å². The zero-order chi connectivity index (χ0) is 23.0. The number of sulfonamides is 1. The largest absolute Gasteiger partial charge is 0.379 e. The number of hydrogen-bond acceptors (Lipinski definition) is 7. The predicted octanol–water partition coefficient (Wildman–Crippen LogP) is 2.59. The first-order valence-corrected chi connectivity index (χ1v) is 12.2. The summed E-state index contributed by atoms with van der Waals surface area (Å²) in [5, 5.41) is 4.05. The van der Waals surface area contributed by atoms with Crippen molar-refractivity contribution in [2.75, 3.05) is 37.7 Å². The molecule has 1 atom stereocenters. The highest BCUT2D eigenvalue weighted by molar-refractivity contribution is 7.89. The summed E-state index contributed by atoms with van der Waals surface area (Å²) >= 11 is 0. The molecule has 172 valence electrons. The van der Waals surface area contributed by atoms with E-state index in [0.717, 1.165) is 11.3 Å². The van der Waals surface area contributed by atoms with E-state index in [1.807, 2.05) is 31.2 Å². The van der Waals surface area contributed by atoms with Crippen molar-refractivity contribution in [3.8, 4) is 11.4 Å². The highest BCUT2D eigenvalue weighted by Gasteiger charge is 2.35. The van der Waals surface area contributed by atoms with Crippen LogP contribution in [0.4, 0.5) is 5.69 Å². The van der Waals surface area contributed by atoms with Crippen LogP contribution in [0.3, 0.4) is 0 Å². The number of aryl methyl sites for hydroxylation is 1. The van der Waals surface area contributed by atoms with Gasteiger partial charge in [-0.3, -0.25) is 4.79 Å². The predicted molar refractivity (Wildman–Crippen MR) is 120 cm³/mol. The molecule has 2 aromatic carbocycles. The molecule has 0 spiro atoms. The summed E-state index contributed by atoms with van der Waals surface area (Å²) in [4.78, 5) is 19.0. The quantitative estimate of drug-likeness (QED) is 0.567. The van der Waals surface area contributed by atoms with E-state index in [4.69, 9.17) is 9.26 Å². The van der Waals surface area contributed by atoms with E-state index >= 15 is 0 Å². The van der Waals surface area contributed by atoms with E-state index in [1.54, 1.807) is 29.2 Å². The molecule has 2 saturated heterocycles. The minimum Gasteiger partial charge on any atom is -0.379 e. The van der Waals surface area contributed by atoms with Crippen LogP contribution in [0, 0.1) is 6.92 Å². The minimum atomic E-state index is -3.56. The smallest absolute Gasteiger partial charge is 0.243 e. The van der Waals surface area contributed by atoms with Crippen molar-refractivity contribution >= 4 is 21.6 Å². The third kappa shape index (κ3) is 4.29. The van der Waals surface area contributed by atoms with E-state index < -0.39 is 10.0 Å². The van der Waals surface area contributed by atoms with Crippen molar-refractivity contribution in [1.29, 1.82) is 0 Å². The van der Waals surface area contributed by atoms with Crippen LogP contribution in [0.2, 0.25) is 0 Å². The van der Waals surface area contributed by atoms with Crippen molar-refractivity contribution in [3.63, 3.8) is 0 Å². The summed E-state index contributed by atoms with van der Waals surface area (Å²) in [5.74, 6) is 0.585. The number of carbonyl (C=O) groups is 1. The molecule has 0 saturated carbocycles. The molecular formula is C23H24N4O5S. The number of nitrogens with zero attached hydrogens (tertiary/aromatic N) is 4. The van der Waals surface area contributed by atoms with Gasteiger partial charge in [-0.05, 0) is 43.3 Å². The molecule has 1 amide bonds. The van der Waals surface area contributed by atoms with Gasteiger partial charge in [0.2, 0.25) is 27.6 Å². The second-order valence-electron chi connectivity index (χ2n) is 8.24. The minimum absolute atomic E-state index is 0.0151. The lowest BCUT2D eigenvalue weighted by Crippen LogP contribution is -2.40. The molecular weight excluding hydrogens is 444 g/mol. The summed E-state index contributed by atoms with van der Waals surface area (Å²) in [6.07, 6.45) is 0.298. The maximum Gasteiger partial charge on any atom is 0.243 e. The third-order valence-corrected chi connectivity index (χ3v) is 7.89. The Bertz CT molecular complexity index is 1250. The van der Waals surface area contributed by atoms with Crippen LogP contribution in [0.1, 0.15) is 23.8 Å². The first-order valence-electron chi connectivity index (χ1n) is 10.8. The Morgan fingerprint density at radius 3 is 2.39 bits per heavy atom. The Hall–Kier alpha value is -3.08. The average Bonchev–Trinajstić information content (AvgIpc) is 3.47. The molecule has 0 aliphatic carbocycles. The lowest BCUT2D eigenvalue weighted by molar-refractivity contribution is -0.117. The number of amides is 1. The van der Waals surface area contributed by atoms with Crippen LogP contribution in [0.25, 0.3) is 11.4 Å². The van der Waals surface area contributed by atoms with Crippen LogP contribution in [0.5, 0.6) is 0 Å². The molecule has 9 nitrogen and oxygen atoms in total. The second kappa shape index (κ2) is 8.69. The highest BCUT2D eigenvalue weighted by atomic mass is 32.2. The summed E-state index contributed by atoms with van der Waals surface area (Å²) in [5.41, 5.74) is 2.63. The Morgan fingerprint density at radius 1 is 1.00 bits per heavy atom. The zero-order valence-electron chi connectivity index (χ0n) is 18.2. The Balaban J connectivity index is 1.31. The van der Waals surface area contributed by atoms with Crippen molar-refractivity contribution in [3.05, 3.63) is 60.0 Å². The van der Waals surface area contributed by atoms with Gasteiger partial charge in [0.25, 0.3) is 0 Å². The monoisotopic (exact) mass is 468 g/mol. The summed E-state index contributed by atoms with van der Waals surface area (Å²) in [6.45, 7) is 3.96. The van der Waals surface area contributed by atoms with Crippen LogP contribution in [-0.2, 0) is 19.6 Å². The molecule has 0 unspecified atom stereocenters. The van der Waals surface area contributed by atoms with Gasteiger partial charge >= 0.3 is 0 Å². The van der Waals surface area contributed by atoms with Gasteiger partial charge in [-0.15, -0.1) is 0 Å². The maximum absolute atomic E-state index is 12.8. The Labute approximate surface area is 192 Å². The van der Waals surface area contributed by atoms with Gasteiger partial charge in [0, 0.05) is 37.3 Å². The van der Waals surface area contributed by atoms with Crippen molar-refractivity contribution < 1.29 is 22.5 Å². The van der Waals surface area contributed by atoms with Gasteiger partial charge in [0.05, 0.1) is 24.0 Å². The fraction of sp³-hybridized carbons (Fsp3) is 0.348. The molecule has 0 bridgehead atoms. The third-order valence-electron chi connectivity index (χ3n) is 5.98. The van der Waals surface area contributed by atoms with Gasteiger partial charge in [-0.2, -0.15) is 9.29 Å². The second-order valence-corrected chi connectivity index (χ2v) is 10.2. The number of hydrogen-bond donors (Lipinski definition) is 0. The van der Waals surface area contributed by atoms with Crippen molar-refractivity contribution in [2.24, 2.45) is 0 Å². The number of carbonyl (C=O) groups excluding carboxylic acids is 1. The number of rotatable bonds is 5.